The van der Waals surface area contributed by atoms with Crippen LogP contribution in [0.2, 0.25) is 5.02 Å². The van der Waals surface area contributed by atoms with E-state index in [2.05, 4.69) is 10.3 Å². The van der Waals surface area contributed by atoms with Crippen molar-refractivity contribution in [3.63, 3.8) is 0 Å². The van der Waals surface area contributed by atoms with E-state index in [0.29, 0.717) is 22.5 Å². The van der Waals surface area contributed by atoms with Gasteiger partial charge in [-0.05, 0) is 29.8 Å². The standard InChI is InChI=1S/C17H14ClN3O3/c18-12-5-3-4-11(8-12)9-19-15(22)10-21-14-7-2-1-6-13(14)16(23)20-17(21)24/h1-8H,9-10H2,(H,19,22)(H,20,23,24). The molecule has 6 nitrogen and oxygen atoms in total. The first-order valence-corrected chi connectivity index (χ1v) is 7.65. The fourth-order valence-electron chi connectivity index (χ4n) is 2.45. The second-order valence-corrected chi connectivity index (χ2v) is 5.71. The minimum atomic E-state index is -0.614. The summed E-state index contributed by atoms with van der Waals surface area (Å²) in [5.74, 6) is -0.339. The van der Waals surface area contributed by atoms with Crippen LogP contribution in [-0.4, -0.2) is 15.5 Å². The number of carbonyl (C=O) groups excluding carboxylic acids is 1. The number of carbonyl (C=O) groups is 1. The average Bonchev–Trinajstić information content (AvgIpc) is 2.57. The first-order valence-electron chi connectivity index (χ1n) is 7.27. The monoisotopic (exact) mass is 343 g/mol. The highest BCUT2D eigenvalue weighted by Gasteiger charge is 2.10. The smallest absolute Gasteiger partial charge is 0.329 e. The van der Waals surface area contributed by atoms with Gasteiger partial charge < -0.3 is 5.32 Å². The van der Waals surface area contributed by atoms with Crippen LogP contribution in [0.4, 0.5) is 0 Å². The van der Waals surface area contributed by atoms with E-state index >= 15 is 0 Å². The lowest BCUT2D eigenvalue weighted by Crippen LogP contribution is -2.36. The van der Waals surface area contributed by atoms with Gasteiger partial charge in [-0.1, -0.05) is 35.9 Å². The van der Waals surface area contributed by atoms with Crippen LogP contribution in [0.15, 0.2) is 58.1 Å². The predicted octanol–water partition coefficient (Wildman–Crippen LogP) is 1.66. The molecule has 3 rings (SSSR count). The maximum absolute atomic E-state index is 12.2. The van der Waals surface area contributed by atoms with E-state index in [1.807, 2.05) is 6.07 Å². The zero-order valence-electron chi connectivity index (χ0n) is 12.6. The molecule has 0 atom stereocenters. The lowest BCUT2D eigenvalue weighted by atomic mass is 10.2. The molecule has 2 N–H and O–H groups in total. The number of halogens is 1. The number of aromatic amines is 1. The Morgan fingerprint density at radius 2 is 1.92 bits per heavy atom. The summed E-state index contributed by atoms with van der Waals surface area (Å²) in [4.78, 5) is 38.2. The van der Waals surface area contributed by atoms with Crippen LogP contribution in [0, 0.1) is 0 Å². The third-order valence-electron chi connectivity index (χ3n) is 3.59. The van der Waals surface area contributed by atoms with Crippen LogP contribution in [0.5, 0.6) is 0 Å². The van der Waals surface area contributed by atoms with E-state index in [-0.39, 0.29) is 12.5 Å². The molecule has 1 aromatic heterocycles. The molecular weight excluding hydrogens is 330 g/mol. The Morgan fingerprint density at radius 1 is 1.12 bits per heavy atom. The van der Waals surface area contributed by atoms with Crippen molar-refractivity contribution in [3.8, 4) is 0 Å². The SMILES string of the molecule is O=C(Cn1c(=O)[nH]c(=O)c2ccccc21)NCc1cccc(Cl)c1. The zero-order chi connectivity index (χ0) is 17.1. The van der Waals surface area contributed by atoms with Crippen molar-refractivity contribution in [2.75, 3.05) is 0 Å². The molecule has 2 aromatic carbocycles. The molecule has 0 unspecified atom stereocenters. The number of aromatic nitrogens is 2. The third kappa shape index (κ3) is 3.38. The van der Waals surface area contributed by atoms with E-state index in [0.717, 1.165) is 5.56 Å². The third-order valence-corrected chi connectivity index (χ3v) is 3.82. The van der Waals surface area contributed by atoms with Gasteiger partial charge in [-0.15, -0.1) is 0 Å². The molecule has 0 saturated carbocycles. The van der Waals surface area contributed by atoms with Crippen LogP contribution >= 0.6 is 11.6 Å². The number of nitrogens with one attached hydrogen (secondary N) is 2. The topological polar surface area (TPSA) is 84.0 Å². The van der Waals surface area contributed by atoms with E-state index in [1.54, 1.807) is 42.5 Å². The van der Waals surface area contributed by atoms with Gasteiger partial charge in [-0.3, -0.25) is 19.1 Å². The van der Waals surface area contributed by atoms with E-state index in [1.165, 1.54) is 4.57 Å². The van der Waals surface area contributed by atoms with Gasteiger partial charge in [0.2, 0.25) is 5.91 Å². The highest BCUT2D eigenvalue weighted by molar-refractivity contribution is 6.30. The molecule has 1 amide bonds. The summed E-state index contributed by atoms with van der Waals surface area (Å²) in [6.07, 6.45) is 0. The number of nitrogens with zero attached hydrogens (tertiary/aromatic N) is 1. The van der Waals surface area contributed by atoms with E-state index in [9.17, 15) is 14.4 Å². The van der Waals surface area contributed by atoms with E-state index < -0.39 is 11.2 Å². The normalized spacial score (nSPS) is 10.7. The van der Waals surface area contributed by atoms with Gasteiger partial charge in [-0.25, -0.2) is 4.79 Å². The van der Waals surface area contributed by atoms with Crippen molar-refractivity contribution in [1.82, 2.24) is 14.9 Å². The number of benzene rings is 2. The molecule has 3 aromatic rings. The summed E-state index contributed by atoms with van der Waals surface area (Å²) in [5.41, 5.74) is 0.196. The molecule has 0 bridgehead atoms. The Labute approximate surface area is 141 Å². The second-order valence-electron chi connectivity index (χ2n) is 5.27. The molecule has 0 aliphatic carbocycles. The summed E-state index contributed by atoms with van der Waals surface area (Å²) >= 11 is 5.90. The van der Waals surface area contributed by atoms with Crippen molar-refractivity contribution in [2.45, 2.75) is 13.1 Å². The second kappa shape index (κ2) is 6.72. The first kappa shape index (κ1) is 16.0. The highest BCUT2D eigenvalue weighted by atomic mass is 35.5. The summed E-state index contributed by atoms with van der Waals surface area (Å²) < 4.78 is 1.24. The van der Waals surface area contributed by atoms with Gasteiger partial charge in [0.1, 0.15) is 6.54 Å². The zero-order valence-corrected chi connectivity index (χ0v) is 13.3. The molecular formula is C17H14ClN3O3. The molecule has 1 heterocycles. The van der Waals surface area contributed by atoms with E-state index in [4.69, 9.17) is 11.6 Å². The van der Waals surface area contributed by atoms with Gasteiger partial charge in [-0.2, -0.15) is 0 Å². The molecule has 0 aliphatic heterocycles. The van der Waals surface area contributed by atoms with Gasteiger partial charge in [0.05, 0.1) is 10.9 Å². The summed E-state index contributed by atoms with van der Waals surface area (Å²) in [7, 11) is 0. The fourth-order valence-corrected chi connectivity index (χ4v) is 2.66. The summed E-state index contributed by atoms with van der Waals surface area (Å²) in [5, 5.41) is 3.68. The predicted molar refractivity (Wildman–Crippen MR) is 92.1 cm³/mol. The Balaban J connectivity index is 1.81. The minimum Gasteiger partial charge on any atom is -0.350 e. The maximum atomic E-state index is 12.2. The number of H-pyrrole nitrogens is 1. The van der Waals surface area contributed by atoms with Crippen LogP contribution in [0.25, 0.3) is 10.9 Å². The van der Waals surface area contributed by atoms with Gasteiger partial charge >= 0.3 is 5.69 Å². The molecule has 122 valence electrons. The van der Waals surface area contributed by atoms with Gasteiger partial charge in [0.25, 0.3) is 5.56 Å². The lowest BCUT2D eigenvalue weighted by molar-refractivity contribution is -0.121. The van der Waals surface area contributed by atoms with Crippen molar-refractivity contribution < 1.29 is 4.79 Å². The Kier molecular flexibility index (Phi) is 4.48. The maximum Gasteiger partial charge on any atom is 0.329 e. The fraction of sp³-hybridized carbons (Fsp3) is 0.118. The van der Waals surface area contributed by atoms with Crippen LogP contribution < -0.4 is 16.6 Å². The lowest BCUT2D eigenvalue weighted by Gasteiger charge is -2.10. The quantitative estimate of drug-likeness (QED) is 0.755. The van der Waals surface area contributed by atoms with Crippen LogP contribution in [-0.2, 0) is 17.9 Å². The Bertz CT molecular complexity index is 1020. The largest absolute Gasteiger partial charge is 0.350 e. The Hall–Kier alpha value is -2.86. The highest BCUT2D eigenvalue weighted by Crippen LogP contribution is 2.10. The minimum absolute atomic E-state index is 0.184. The van der Waals surface area contributed by atoms with Crippen molar-refractivity contribution >= 4 is 28.4 Å². The molecule has 7 heteroatoms. The molecule has 0 fully saturated rings. The van der Waals surface area contributed by atoms with Gasteiger partial charge in [0, 0.05) is 11.6 Å². The Morgan fingerprint density at radius 3 is 2.71 bits per heavy atom. The number of para-hydroxylation sites is 1. The summed E-state index contributed by atoms with van der Waals surface area (Å²) in [6, 6.07) is 13.8. The number of amides is 1. The van der Waals surface area contributed by atoms with Gasteiger partial charge in [0.15, 0.2) is 0 Å². The molecule has 0 radical (unpaired) electrons. The summed E-state index contributed by atoms with van der Waals surface area (Å²) in [6.45, 7) is 0.117. The molecule has 0 saturated heterocycles. The average molecular weight is 344 g/mol. The van der Waals surface area contributed by atoms with Crippen LogP contribution in [0.3, 0.4) is 0 Å². The van der Waals surface area contributed by atoms with Crippen molar-refractivity contribution in [2.24, 2.45) is 0 Å². The molecule has 0 spiro atoms. The van der Waals surface area contributed by atoms with Crippen molar-refractivity contribution in [3.05, 3.63) is 80.0 Å². The first-order chi connectivity index (χ1) is 11.5. The molecule has 24 heavy (non-hydrogen) atoms. The van der Waals surface area contributed by atoms with Crippen molar-refractivity contribution in [1.29, 1.82) is 0 Å². The van der Waals surface area contributed by atoms with Crippen LogP contribution in [0.1, 0.15) is 5.56 Å². The number of hydrogen-bond donors (Lipinski definition) is 2. The number of rotatable bonds is 4. The number of hydrogen-bond acceptors (Lipinski definition) is 3. The number of fused-ring (bicyclic) bond motifs is 1. The molecule has 0 aliphatic rings.